The van der Waals surface area contributed by atoms with Gasteiger partial charge in [-0.05, 0) is 44.6 Å². The minimum Gasteiger partial charge on any atom is -0.448 e. The minimum absolute atomic E-state index is 0.0897. The van der Waals surface area contributed by atoms with E-state index in [0.29, 0.717) is 17.4 Å². The molecule has 0 amide bonds. The van der Waals surface area contributed by atoms with Crippen LogP contribution in [0.5, 0.6) is 0 Å². The van der Waals surface area contributed by atoms with E-state index >= 15 is 0 Å². The molecule has 5 rings (SSSR count). The van der Waals surface area contributed by atoms with Gasteiger partial charge in [0, 0.05) is 36.3 Å². The van der Waals surface area contributed by atoms with Gasteiger partial charge in [-0.15, -0.1) is 0 Å². The van der Waals surface area contributed by atoms with Crippen molar-refractivity contribution in [2.75, 3.05) is 20.1 Å². The zero-order valence-corrected chi connectivity index (χ0v) is 17.7. The maximum Gasteiger partial charge on any atom is 0.197 e. The number of nitrogens with zero attached hydrogens (tertiary/aromatic N) is 6. The number of benzene rings is 1. The minimum atomic E-state index is -0.134. The van der Waals surface area contributed by atoms with Gasteiger partial charge in [-0.25, -0.2) is 15.0 Å². The Hall–Kier alpha value is -3.39. The van der Waals surface area contributed by atoms with Gasteiger partial charge in [-0.3, -0.25) is 9.48 Å². The molecule has 4 heterocycles. The summed E-state index contributed by atoms with van der Waals surface area (Å²) in [6.07, 6.45) is 9.09. The van der Waals surface area contributed by atoms with Gasteiger partial charge in [0.1, 0.15) is 17.8 Å². The molecule has 8 nitrogen and oxygen atoms in total. The van der Waals surface area contributed by atoms with Crippen molar-refractivity contribution in [3.05, 3.63) is 60.5 Å². The SMILES string of the molecule is CN1CCC(c2nc(C(=O)Cc3ncc4ccc(-c5cnn(C)c5)cc4n3)co2)CC1. The third-order valence-corrected chi connectivity index (χ3v) is 5.86. The Morgan fingerprint density at radius 1 is 1.13 bits per heavy atom. The van der Waals surface area contributed by atoms with Crippen LogP contribution in [-0.4, -0.2) is 55.6 Å². The van der Waals surface area contributed by atoms with Crippen molar-refractivity contribution in [2.45, 2.75) is 25.2 Å². The Kier molecular flexibility index (Phi) is 5.07. The molecule has 0 spiro atoms. The van der Waals surface area contributed by atoms with Crippen molar-refractivity contribution in [3.63, 3.8) is 0 Å². The number of piperidine rings is 1. The molecule has 0 N–H and O–H groups in total. The van der Waals surface area contributed by atoms with Crippen molar-refractivity contribution >= 4 is 16.7 Å². The molecular formula is C23H24N6O2. The van der Waals surface area contributed by atoms with Crippen molar-refractivity contribution in [2.24, 2.45) is 7.05 Å². The van der Waals surface area contributed by atoms with E-state index in [9.17, 15) is 4.79 Å². The molecule has 158 valence electrons. The second kappa shape index (κ2) is 8.03. The Bertz CT molecular complexity index is 1240. The summed E-state index contributed by atoms with van der Waals surface area (Å²) in [7, 11) is 4.00. The molecule has 0 atom stereocenters. The Morgan fingerprint density at radius 3 is 2.74 bits per heavy atom. The number of aryl methyl sites for hydroxylation is 1. The summed E-state index contributed by atoms with van der Waals surface area (Å²) < 4.78 is 7.40. The van der Waals surface area contributed by atoms with Gasteiger partial charge in [-0.1, -0.05) is 12.1 Å². The number of aromatic nitrogens is 5. The molecule has 0 aliphatic carbocycles. The first-order chi connectivity index (χ1) is 15.0. The second-order valence-corrected chi connectivity index (χ2v) is 8.21. The van der Waals surface area contributed by atoms with E-state index in [1.807, 2.05) is 37.6 Å². The third kappa shape index (κ3) is 4.11. The monoisotopic (exact) mass is 416 g/mol. The summed E-state index contributed by atoms with van der Waals surface area (Å²) in [6, 6.07) is 6.00. The highest BCUT2D eigenvalue weighted by atomic mass is 16.3. The molecule has 1 aliphatic heterocycles. The van der Waals surface area contributed by atoms with Crippen LogP contribution in [0.1, 0.15) is 41.0 Å². The van der Waals surface area contributed by atoms with Crippen LogP contribution < -0.4 is 0 Å². The van der Waals surface area contributed by atoms with Crippen molar-refractivity contribution < 1.29 is 9.21 Å². The lowest BCUT2D eigenvalue weighted by Crippen LogP contribution is -2.29. The molecule has 0 saturated carbocycles. The molecule has 0 bridgehead atoms. The maximum absolute atomic E-state index is 12.8. The summed E-state index contributed by atoms with van der Waals surface area (Å²) in [4.78, 5) is 28.5. The summed E-state index contributed by atoms with van der Waals surface area (Å²) in [6.45, 7) is 2.03. The average molecular weight is 416 g/mol. The average Bonchev–Trinajstić information content (AvgIpc) is 3.43. The molecular weight excluding hydrogens is 392 g/mol. The molecule has 1 fully saturated rings. The fraction of sp³-hybridized carbons (Fsp3) is 0.348. The van der Waals surface area contributed by atoms with Crippen LogP contribution in [-0.2, 0) is 13.5 Å². The molecule has 8 heteroatoms. The fourth-order valence-corrected chi connectivity index (χ4v) is 3.99. The zero-order chi connectivity index (χ0) is 21.4. The van der Waals surface area contributed by atoms with Gasteiger partial charge < -0.3 is 9.32 Å². The Labute approximate surface area is 179 Å². The largest absolute Gasteiger partial charge is 0.448 e. The van der Waals surface area contributed by atoms with Gasteiger partial charge in [0.05, 0.1) is 18.1 Å². The molecule has 31 heavy (non-hydrogen) atoms. The predicted octanol–water partition coefficient (Wildman–Crippen LogP) is 3.25. The van der Waals surface area contributed by atoms with E-state index in [-0.39, 0.29) is 18.1 Å². The van der Waals surface area contributed by atoms with E-state index in [4.69, 9.17) is 4.42 Å². The van der Waals surface area contributed by atoms with Gasteiger partial charge in [-0.2, -0.15) is 5.10 Å². The molecule has 4 aromatic rings. The zero-order valence-electron chi connectivity index (χ0n) is 17.7. The van der Waals surface area contributed by atoms with E-state index in [1.54, 1.807) is 10.9 Å². The molecule has 0 unspecified atom stereocenters. The number of hydrogen-bond donors (Lipinski definition) is 0. The van der Waals surface area contributed by atoms with E-state index < -0.39 is 0 Å². The number of carbonyl (C=O) groups is 1. The lowest BCUT2D eigenvalue weighted by atomic mass is 9.97. The van der Waals surface area contributed by atoms with Gasteiger partial charge in [0.15, 0.2) is 11.7 Å². The number of rotatable bonds is 5. The number of ketones is 1. The van der Waals surface area contributed by atoms with Crippen molar-refractivity contribution in [3.8, 4) is 11.1 Å². The summed E-state index contributed by atoms with van der Waals surface area (Å²) in [5.74, 6) is 1.29. The second-order valence-electron chi connectivity index (χ2n) is 8.21. The quantitative estimate of drug-likeness (QED) is 0.461. The molecule has 0 radical (unpaired) electrons. The standard InChI is InChI=1S/C23H24N6O2/c1-28-7-5-15(6-8-28)23-27-20(14-31-23)21(30)10-22-24-11-17-4-3-16(9-19(17)26-22)18-12-25-29(2)13-18/h3-4,9,11-15H,5-8,10H2,1-2H3. The molecule has 1 aromatic carbocycles. The number of carbonyl (C=O) groups excluding carboxylic acids is 1. The Balaban J connectivity index is 1.33. The van der Waals surface area contributed by atoms with E-state index in [1.165, 1.54) is 6.26 Å². The summed E-state index contributed by atoms with van der Waals surface area (Å²) in [5, 5.41) is 5.15. The van der Waals surface area contributed by atoms with Gasteiger partial charge in [0.25, 0.3) is 0 Å². The third-order valence-electron chi connectivity index (χ3n) is 5.86. The first-order valence-corrected chi connectivity index (χ1v) is 10.5. The van der Waals surface area contributed by atoms with E-state index in [0.717, 1.165) is 48.0 Å². The van der Waals surface area contributed by atoms with Crippen LogP contribution >= 0.6 is 0 Å². The first kappa shape index (κ1) is 19.6. The summed E-state index contributed by atoms with van der Waals surface area (Å²) in [5.41, 5.74) is 3.19. The maximum atomic E-state index is 12.8. The fourth-order valence-electron chi connectivity index (χ4n) is 3.99. The van der Waals surface area contributed by atoms with Crippen LogP contribution in [0, 0.1) is 0 Å². The smallest absolute Gasteiger partial charge is 0.197 e. The van der Waals surface area contributed by atoms with Crippen molar-refractivity contribution in [1.82, 2.24) is 29.6 Å². The highest BCUT2D eigenvalue weighted by Crippen LogP contribution is 2.27. The van der Waals surface area contributed by atoms with Crippen LogP contribution in [0.25, 0.3) is 22.0 Å². The normalized spacial score (nSPS) is 15.5. The van der Waals surface area contributed by atoms with Crippen LogP contribution in [0.3, 0.4) is 0 Å². The van der Waals surface area contributed by atoms with Crippen molar-refractivity contribution in [1.29, 1.82) is 0 Å². The van der Waals surface area contributed by atoms with Gasteiger partial charge in [0.2, 0.25) is 0 Å². The summed E-state index contributed by atoms with van der Waals surface area (Å²) >= 11 is 0. The highest BCUT2D eigenvalue weighted by molar-refractivity contribution is 5.95. The predicted molar refractivity (Wildman–Crippen MR) is 116 cm³/mol. The van der Waals surface area contributed by atoms with Gasteiger partial charge >= 0.3 is 0 Å². The number of fused-ring (bicyclic) bond motifs is 1. The molecule has 3 aromatic heterocycles. The topological polar surface area (TPSA) is 89.9 Å². The lowest BCUT2D eigenvalue weighted by molar-refractivity contribution is 0.0986. The number of oxazole rings is 1. The van der Waals surface area contributed by atoms with Crippen LogP contribution in [0.4, 0.5) is 0 Å². The first-order valence-electron chi connectivity index (χ1n) is 10.5. The van der Waals surface area contributed by atoms with Crippen LogP contribution in [0.2, 0.25) is 0 Å². The molecule has 1 saturated heterocycles. The molecule has 1 aliphatic rings. The lowest BCUT2D eigenvalue weighted by Gasteiger charge is -2.26. The number of likely N-dealkylation sites (tertiary alicyclic amines) is 1. The highest BCUT2D eigenvalue weighted by Gasteiger charge is 2.24. The van der Waals surface area contributed by atoms with Crippen LogP contribution in [0.15, 0.2) is 47.5 Å². The number of Topliss-reactive ketones (excluding diaryl/α,β-unsaturated/α-hetero) is 1. The number of hydrogen-bond acceptors (Lipinski definition) is 7. The van der Waals surface area contributed by atoms with E-state index in [2.05, 4.69) is 32.0 Å². The Morgan fingerprint density at radius 2 is 1.97 bits per heavy atom.